The van der Waals surface area contributed by atoms with Crippen molar-refractivity contribution in [3.63, 3.8) is 0 Å². The lowest BCUT2D eigenvalue weighted by Crippen LogP contribution is -2.35. The monoisotopic (exact) mass is 279 g/mol. The van der Waals surface area contributed by atoms with Crippen molar-refractivity contribution in [2.75, 3.05) is 13.2 Å². The Kier molecular flexibility index (Phi) is 3.72. The highest BCUT2D eigenvalue weighted by atomic mass is 35.5. The summed E-state index contributed by atoms with van der Waals surface area (Å²) < 4.78 is 5.82. The van der Waals surface area contributed by atoms with E-state index < -0.39 is 0 Å². The van der Waals surface area contributed by atoms with Crippen LogP contribution in [0.3, 0.4) is 0 Å². The summed E-state index contributed by atoms with van der Waals surface area (Å²) in [5.41, 5.74) is 8.90. The maximum atomic E-state index is 6.25. The first-order valence-corrected chi connectivity index (χ1v) is 7.74. The van der Waals surface area contributed by atoms with Crippen LogP contribution in [-0.2, 0) is 12.8 Å². The van der Waals surface area contributed by atoms with Crippen molar-refractivity contribution >= 4 is 11.6 Å². The predicted molar refractivity (Wildman–Crippen MR) is 78.9 cm³/mol. The summed E-state index contributed by atoms with van der Waals surface area (Å²) in [7, 11) is 0. The highest BCUT2D eigenvalue weighted by Gasteiger charge is 2.32. The van der Waals surface area contributed by atoms with Crippen LogP contribution in [0.5, 0.6) is 5.75 Å². The molecule has 1 aromatic rings. The largest absolute Gasteiger partial charge is 0.493 e. The van der Waals surface area contributed by atoms with Gasteiger partial charge in [-0.15, -0.1) is 0 Å². The quantitative estimate of drug-likeness (QED) is 0.915. The first-order chi connectivity index (χ1) is 9.22. The van der Waals surface area contributed by atoms with Gasteiger partial charge in [-0.25, -0.2) is 0 Å². The molecular weight excluding hydrogens is 258 g/mol. The summed E-state index contributed by atoms with van der Waals surface area (Å²) in [6.45, 7) is 1.56. The maximum Gasteiger partial charge on any atom is 0.125 e. The topological polar surface area (TPSA) is 35.2 Å². The van der Waals surface area contributed by atoms with E-state index in [4.69, 9.17) is 22.1 Å². The number of rotatable bonds is 3. The summed E-state index contributed by atoms with van der Waals surface area (Å²) in [5.74, 6) is 1.09. The van der Waals surface area contributed by atoms with Crippen molar-refractivity contribution in [3.8, 4) is 5.75 Å². The van der Waals surface area contributed by atoms with Crippen LogP contribution >= 0.6 is 11.6 Å². The fourth-order valence-corrected chi connectivity index (χ4v) is 3.90. The zero-order chi connectivity index (χ0) is 13.3. The number of nitrogens with two attached hydrogens (primary N) is 1. The molecule has 0 atom stereocenters. The van der Waals surface area contributed by atoms with Gasteiger partial charge in [0.2, 0.25) is 0 Å². The highest BCUT2D eigenvalue weighted by Crippen LogP contribution is 2.42. The predicted octanol–water partition coefficient (Wildman–Crippen LogP) is 3.73. The minimum absolute atomic E-state index is 0.267. The molecule has 1 aliphatic heterocycles. The Morgan fingerprint density at radius 3 is 2.74 bits per heavy atom. The van der Waals surface area contributed by atoms with E-state index in [-0.39, 0.29) is 5.41 Å². The van der Waals surface area contributed by atoms with Crippen molar-refractivity contribution in [2.24, 2.45) is 11.1 Å². The molecule has 2 nitrogen and oxygen atoms in total. The van der Waals surface area contributed by atoms with E-state index in [9.17, 15) is 0 Å². The first-order valence-electron chi connectivity index (χ1n) is 7.37. The van der Waals surface area contributed by atoms with E-state index in [0.717, 1.165) is 36.8 Å². The summed E-state index contributed by atoms with van der Waals surface area (Å²) >= 11 is 6.25. The van der Waals surface area contributed by atoms with Gasteiger partial charge in [-0.1, -0.05) is 30.9 Å². The van der Waals surface area contributed by atoms with Crippen molar-refractivity contribution in [1.82, 2.24) is 0 Å². The second-order valence-corrected chi connectivity index (χ2v) is 6.53. The molecule has 1 aromatic carbocycles. The third-order valence-electron chi connectivity index (χ3n) is 4.74. The molecule has 1 aliphatic carbocycles. The molecule has 3 rings (SSSR count). The molecule has 104 valence electrons. The highest BCUT2D eigenvalue weighted by molar-refractivity contribution is 6.30. The Labute approximate surface area is 120 Å². The molecule has 0 aromatic heterocycles. The number of ether oxygens (including phenoxy) is 1. The van der Waals surface area contributed by atoms with Crippen LogP contribution in [-0.4, -0.2) is 13.2 Å². The lowest BCUT2D eigenvalue weighted by Gasteiger charge is -2.36. The first kappa shape index (κ1) is 13.3. The molecule has 1 heterocycles. The number of benzene rings is 1. The van der Waals surface area contributed by atoms with Gasteiger partial charge in [0.15, 0.2) is 0 Å². The van der Waals surface area contributed by atoms with Gasteiger partial charge in [0.25, 0.3) is 0 Å². The smallest absolute Gasteiger partial charge is 0.125 e. The van der Waals surface area contributed by atoms with E-state index >= 15 is 0 Å². The van der Waals surface area contributed by atoms with Gasteiger partial charge in [0.05, 0.1) is 6.61 Å². The van der Waals surface area contributed by atoms with Gasteiger partial charge in [0.1, 0.15) is 5.75 Å². The molecule has 0 unspecified atom stereocenters. The molecule has 1 fully saturated rings. The molecule has 2 aliphatic rings. The average Bonchev–Trinajstić information content (AvgIpc) is 2.88. The second kappa shape index (κ2) is 5.34. The fourth-order valence-electron chi connectivity index (χ4n) is 3.64. The van der Waals surface area contributed by atoms with Gasteiger partial charge < -0.3 is 10.5 Å². The molecule has 1 saturated carbocycles. The molecule has 0 amide bonds. The van der Waals surface area contributed by atoms with Crippen molar-refractivity contribution in [3.05, 3.63) is 28.3 Å². The zero-order valence-corrected chi connectivity index (χ0v) is 12.1. The Morgan fingerprint density at radius 1 is 1.21 bits per heavy atom. The van der Waals surface area contributed by atoms with Crippen LogP contribution < -0.4 is 10.5 Å². The van der Waals surface area contributed by atoms with E-state index in [1.807, 2.05) is 6.07 Å². The van der Waals surface area contributed by atoms with Crippen LogP contribution in [0.15, 0.2) is 12.1 Å². The van der Waals surface area contributed by atoms with Crippen LogP contribution in [0.2, 0.25) is 5.02 Å². The normalized spacial score (nSPS) is 20.9. The molecule has 0 radical (unpaired) electrons. The van der Waals surface area contributed by atoms with Gasteiger partial charge in [0, 0.05) is 11.4 Å². The third kappa shape index (κ3) is 2.61. The lowest BCUT2D eigenvalue weighted by molar-refractivity contribution is 0.195. The second-order valence-electron chi connectivity index (χ2n) is 6.09. The Balaban J connectivity index is 1.90. The molecule has 0 saturated heterocycles. The van der Waals surface area contributed by atoms with E-state index in [1.165, 1.54) is 43.2 Å². The van der Waals surface area contributed by atoms with Crippen molar-refractivity contribution < 1.29 is 4.74 Å². The number of halogens is 1. The van der Waals surface area contributed by atoms with Crippen molar-refractivity contribution in [2.45, 2.75) is 44.9 Å². The van der Waals surface area contributed by atoms with Crippen LogP contribution in [0.25, 0.3) is 0 Å². The maximum absolute atomic E-state index is 6.25. The Hall–Kier alpha value is -0.730. The Bertz CT molecular complexity index is 466. The minimum Gasteiger partial charge on any atom is -0.493 e. The van der Waals surface area contributed by atoms with Crippen LogP contribution in [0.1, 0.15) is 43.2 Å². The van der Waals surface area contributed by atoms with E-state index in [2.05, 4.69) is 6.07 Å². The summed E-state index contributed by atoms with van der Waals surface area (Å²) in [4.78, 5) is 0. The van der Waals surface area contributed by atoms with Crippen molar-refractivity contribution in [1.29, 1.82) is 0 Å². The summed E-state index contributed by atoms with van der Waals surface area (Å²) in [5, 5.41) is 0.835. The van der Waals surface area contributed by atoms with Gasteiger partial charge in [-0.3, -0.25) is 0 Å². The number of hydrogen-bond acceptors (Lipinski definition) is 2. The van der Waals surface area contributed by atoms with Gasteiger partial charge in [-0.05, 0) is 54.5 Å². The van der Waals surface area contributed by atoms with Gasteiger partial charge >= 0.3 is 0 Å². The van der Waals surface area contributed by atoms with E-state index in [0.29, 0.717) is 0 Å². The van der Waals surface area contributed by atoms with E-state index in [1.54, 1.807) is 0 Å². The zero-order valence-electron chi connectivity index (χ0n) is 11.4. The lowest BCUT2D eigenvalue weighted by atomic mass is 9.70. The molecular formula is C16H22ClNO. The minimum atomic E-state index is 0.267. The molecule has 3 heteroatoms. The third-order valence-corrected chi connectivity index (χ3v) is 4.96. The standard InChI is InChI=1S/C16H22ClNO/c17-14-8-12-4-7-19-15(12)13(9-14)10-16(11-18)5-2-1-3-6-16/h8-9H,1-7,10-11,18H2. The van der Waals surface area contributed by atoms with Gasteiger partial charge in [-0.2, -0.15) is 0 Å². The molecule has 2 N–H and O–H groups in total. The molecule has 0 bridgehead atoms. The number of fused-ring (bicyclic) bond motifs is 1. The summed E-state index contributed by atoms with van der Waals surface area (Å²) in [6, 6.07) is 4.13. The Morgan fingerprint density at radius 2 is 2.00 bits per heavy atom. The van der Waals surface area contributed by atoms with Crippen LogP contribution in [0, 0.1) is 5.41 Å². The average molecular weight is 280 g/mol. The molecule has 0 spiro atoms. The van der Waals surface area contributed by atoms with Crippen LogP contribution in [0.4, 0.5) is 0 Å². The molecule has 19 heavy (non-hydrogen) atoms. The summed E-state index contributed by atoms with van der Waals surface area (Å²) in [6.07, 6.45) is 8.45. The number of hydrogen-bond donors (Lipinski definition) is 1. The SMILES string of the molecule is NCC1(Cc2cc(Cl)cc3c2OCC3)CCCCC1. The fraction of sp³-hybridized carbons (Fsp3) is 0.625.